The Hall–Kier alpha value is -6.64. The van der Waals surface area contributed by atoms with E-state index in [1.54, 1.807) is 35.9 Å². The van der Waals surface area contributed by atoms with E-state index in [4.69, 9.17) is 9.16 Å². The van der Waals surface area contributed by atoms with Gasteiger partial charge < -0.3 is 14.1 Å². The van der Waals surface area contributed by atoms with Crippen LogP contribution in [-0.2, 0) is 25.4 Å². The number of Topliss-reactive ketones (excluding diaryl/α,β-unsaturated/α-hetero) is 1. The number of carbonyl (C=O) groups is 4. The highest BCUT2D eigenvalue weighted by atomic mass is 32.1. The highest BCUT2D eigenvalue weighted by Crippen LogP contribution is 2.51. The van der Waals surface area contributed by atoms with Crippen LogP contribution in [0.1, 0.15) is 65.9 Å². The molecule has 1 aliphatic heterocycles. The van der Waals surface area contributed by atoms with Crippen molar-refractivity contribution in [1.82, 2.24) is 19.3 Å². The summed E-state index contributed by atoms with van der Waals surface area (Å²) < 4.78 is 14.9. The van der Waals surface area contributed by atoms with Crippen molar-refractivity contribution in [2.75, 3.05) is 0 Å². The number of benzene rings is 4. The van der Waals surface area contributed by atoms with Gasteiger partial charge in [0.1, 0.15) is 28.9 Å². The number of ketones is 2. The number of nitro groups is 1. The molecule has 348 valence electrons. The van der Waals surface area contributed by atoms with Crippen molar-refractivity contribution >= 4 is 81.8 Å². The van der Waals surface area contributed by atoms with E-state index in [0.717, 1.165) is 27.3 Å². The number of aromatic nitrogens is 3. The lowest BCUT2D eigenvalue weighted by Crippen LogP contribution is -2.71. The minimum atomic E-state index is -3.42. The second kappa shape index (κ2) is 19.2. The molecule has 8 rings (SSSR count). The molecule has 16 heteroatoms. The first kappa shape index (κ1) is 47.8. The lowest BCUT2D eigenvalue weighted by atomic mass is 9.75. The van der Waals surface area contributed by atoms with Gasteiger partial charge in [0, 0.05) is 49.1 Å². The number of ether oxygens (including phenoxy) is 1. The summed E-state index contributed by atoms with van der Waals surface area (Å²) >= 11 is 1.13. The molecule has 68 heavy (non-hydrogen) atoms. The van der Waals surface area contributed by atoms with Crippen LogP contribution < -0.4 is 15.9 Å². The minimum absolute atomic E-state index is 0.0845. The minimum Gasteiger partial charge on any atom is -0.456 e. The van der Waals surface area contributed by atoms with Crippen molar-refractivity contribution in [3.8, 4) is 0 Å². The van der Waals surface area contributed by atoms with Gasteiger partial charge >= 0.3 is 5.97 Å². The summed E-state index contributed by atoms with van der Waals surface area (Å²) in [7, 11) is -2.52. The van der Waals surface area contributed by atoms with Gasteiger partial charge in [0.25, 0.3) is 5.69 Å². The molecule has 1 saturated heterocycles. The lowest BCUT2D eigenvalue weighted by Gasteiger charge is -2.54. The largest absolute Gasteiger partial charge is 0.456 e. The van der Waals surface area contributed by atoms with Crippen LogP contribution in [0.2, 0.25) is 18.1 Å². The molecule has 0 bridgehead atoms. The first-order valence-electron chi connectivity index (χ1n) is 22.3. The van der Waals surface area contributed by atoms with Crippen LogP contribution in [0.15, 0.2) is 152 Å². The van der Waals surface area contributed by atoms with Gasteiger partial charge in [-0.25, -0.2) is 9.78 Å². The van der Waals surface area contributed by atoms with Crippen LogP contribution in [-0.4, -0.2) is 73.5 Å². The molecule has 0 saturated carbocycles. The Bertz CT molecular complexity index is 2960. The zero-order valence-electron chi connectivity index (χ0n) is 38.8. The predicted octanol–water partition coefficient (Wildman–Crippen LogP) is 8.85. The standard InChI is InChI=1S/C52H52N5O8PSSi/c1-34(46(58)42-31-55-33-54-44(50(55)67-42)47(59)37-18-17-29-53-30-37)45-43(35(2)65-68(6,7)52(3,4)5)48(60)56(45)49(51(61)64-32-36-25-27-38(28-26-36)57(62)63)66(39-19-11-8-12-20-39,40-21-13-9-14-22-40)41-23-15-10-16-24-41/h8-31,33-35,43,45H,32H2,1-7H3/t34-,35-,43?,45?/m1/s1. The molecule has 1 amide bonds. The number of hydrogen-bond donors (Lipinski definition) is 0. The summed E-state index contributed by atoms with van der Waals surface area (Å²) in [6.45, 7) is 10.6. The van der Waals surface area contributed by atoms with E-state index < -0.39 is 50.1 Å². The Morgan fingerprint density at radius 3 is 1.94 bits per heavy atom. The summed E-state index contributed by atoms with van der Waals surface area (Å²) in [5.74, 6) is -3.58. The number of hydrogen-bond acceptors (Lipinski definition) is 11. The number of likely N-dealkylation sites (tertiary alicyclic amines) is 1. The molecule has 3 aromatic heterocycles. The number of thiazole rings is 1. The highest BCUT2D eigenvalue weighted by molar-refractivity contribution is 7.96. The molecule has 0 radical (unpaired) electrons. The van der Waals surface area contributed by atoms with Gasteiger partial charge in [0.15, 0.2) is 14.1 Å². The topological polar surface area (TPSA) is 163 Å². The second-order valence-corrected chi connectivity index (χ2v) is 27.5. The summed E-state index contributed by atoms with van der Waals surface area (Å²) in [6, 6.07) is 37.0. The first-order chi connectivity index (χ1) is 32.5. The van der Waals surface area contributed by atoms with Crippen LogP contribution in [0.4, 0.5) is 5.69 Å². The van der Waals surface area contributed by atoms with E-state index in [9.17, 15) is 14.9 Å². The Balaban J connectivity index is 1.34. The molecular weight excluding hydrogens is 914 g/mol. The number of imidazole rings is 1. The maximum Gasteiger partial charge on any atom is 0.356 e. The van der Waals surface area contributed by atoms with Crippen molar-refractivity contribution in [1.29, 1.82) is 0 Å². The third-order valence-corrected chi connectivity index (χ3v) is 23.1. The molecule has 0 N–H and O–H groups in total. The van der Waals surface area contributed by atoms with Crippen molar-refractivity contribution < 1.29 is 33.3 Å². The molecule has 0 spiro atoms. The SMILES string of the molecule is C[C@@H](O[Si](C)(C)C(C)(C)C)C1C(=O)N(C(C(=O)OCc2ccc([N+](=O)[O-])cc2)=P(c2ccccc2)(c2ccccc2)c2ccccc2)C1[C@@H](C)C(=O)c1cn2cnc(C(=O)c3cccnc3)c2s1. The van der Waals surface area contributed by atoms with Crippen LogP contribution in [0.5, 0.6) is 0 Å². The summed E-state index contributed by atoms with van der Waals surface area (Å²) in [4.78, 5) is 82.1. The second-order valence-electron chi connectivity index (χ2n) is 18.4. The van der Waals surface area contributed by atoms with Crippen molar-refractivity contribution in [2.24, 2.45) is 11.8 Å². The quantitative estimate of drug-likeness (QED) is 0.0174. The van der Waals surface area contributed by atoms with Crippen LogP contribution in [0.3, 0.4) is 0 Å². The van der Waals surface area contributed by atoms with Crippen molar-refractivity contribution in [3.05, 3.63) is 184 Å². The van der Waals surface area contributed by atoms with Crippen LogP contribution >= 0.6 is 18.2 Å². The fourth-order valence-electron chi connectivity index (χ4n) is 8.68. The predicted molar refractivity (Wildman–Crippen MR) is 269 cm³/mol. The molecule has 4 heterocycles. The monoisotopic (exact) mass is 965 g/mol. The molecular formula is C52H52N5O8PSSi. The van der Waals surface area contributed by atoms with E-state index in [-0.39, 0.29) is 45.9 Å². The van der Waals surface area contributed by atoms with Gasteiger partial charge in [0.05, 0.1) is 27.9 Å². The fraction of sp³-hybridized carbons (Fsp3) is 0.250. The molecule has 4 atom stereocenters. The Labute approximate surface area is 400 Å². The van der Waals surface area contributed by atoms with E-state index in [1.165, 1.54) is 41.7 Å². The molecule has 2 unspecified atom stereocenters. The number of pyridine rings is 1. The molecule has 4 aromatic carbocycles. The van der Waals surface area contributed by atoms with Gasteiger partial charge in [-0.15, -0.1) is 11.3 Å². The van der Waals surface area contributed by atoms with Gasteiger partial charge in [-0.2, -0.15) is 0 Å². The normalized spacial score (nSPS) is 16.2. The van der Waals surface area contributed by atoms with E-state index >= 15 is 14.4 Å². The molecule has 1 fully saturated rings. The summed E-state index contributed by atoms with van der Waals surface area (Å²) in [5.41, 5.74) is 1.01. The van der Waals surface area contributed by atoms with Gasteiger partial charge in [-0.1, -0.05) is 119 Å². The van der Waals surface area contributed by atoms with Crippen molar-refractivity contribution in [3.63, 3.8) is 0 Å². The van der Waals surface area contributed by atoms with Gasteiger partial charge in [0.2, 0.25) is 11.7 Å². The molecule has 13 nitrogen and oxygen atoms in total. The Morgan fingerprint density at radius 2 is 1.43 bits per heavy atom. The van der Waals surface area contributed by atoms with E-state index in [1.807, 2.05) is 97.9 Å². The zero-order chi connectivity index (χ0) is 48.5. The maximum atomic E-state index is 15.7. The number of amides is 1. The average Bonchev–Trinajstić information content (AvgIpc) is 3.94. The first-order valence-corrected chi connectivity index (χ1v) is 27.8. The molecule has 0 aliphatic carbocycles. The summed E-state index contributed by atoms with van der Waals surface area (Å²) in [6.07, 6.45) is 5.54. The number of carbonyl (C=O) groups excluding carboxylic acids is 4. The fourth-order valence-corrected chi connectivity index (χ4v) is 15.6. The van der Waals surface area contributed by atoms with Gasteiger partial charge in [-0.3, -0.25) is 33.9 Å². The summed E-state index contributed by atoms with van der Waals surface area (Å²) in [5, 5.41) is 13.6. The van der Waals surface area contributed by atoms with E-state index in [0.29, 0.717) is 20.8 Å². The van der Waals surface area contributed by atoms with Crippen molar-refractivity contribution in [2.45, 2.75) is 71.5 Å². The molecule has 7 aromatic rings. The average molecular weight is 966 g/mol. The number of non-ortho nitro benzene ring substituents is 1. The maximum absolute atomic E-state index is 15.7. The smallest absolute Gasteiger partial charge is 0.356 e. The number of rotatable bonds is 16. The number of nitrogens with zero attached hydrogens (tertiary/aromatic N) is 5. The van der Waals surface area contributed by atoms with Gasteiger partial charge in [-0.05, 0) is 70.8 Å². The number of fused-ring (bicyclic) bond motifs is 1. The Kier molecular flexibility index (Phi) is 13.5. The highest BCUT2D eigenvalue weighted by Gasteiger charge is 2.59. The number of β-lactam (4-membered cyclic amide) rings is 1. The van der Waals surface area contributed by atoms with E-state index in [2.05, 4.69) is 43.8 Å². The third kappa shape index (κ3) is 8.82. The number of nitro benzene ring substituents is 1. The lowest BCUT2D eigenvalue weighted by molar-refractivity contribution is -0.384. The van der Waals surface area contributed by atoms with Crippen LogP contribution in [0.25, 0.3) is 4.83 Å². The zero-order valence-corrected chi connectivity index (χ0v) is 41.5. The third-order valence-electron chi connectivity index (χ3n) is 13.2. The Morgan fingerprint density at radius 1 is 0.853 bits per heavy atom. The van der Waals surface area contributed by atoms with Crippen LogP contribution in [0, 0.1) is 22.0 Å². The molecule has 1 aliphatic rings. The number of esters is 1.